The Morgan fingerprint density at radius 2 is 2.00 bits per heavy atom. The van der Waals surface area contributed by atoms with E-state index in [2.05, 4.69) is 16.0 Å². The molecule has 0 fully saturated rings. The van der Waals surface area contributed by atoms with Gasteiger partial charge in [-0.15, -0.1) is 0 Å². The van der Waals surface area contributed by atoms with Crippen molar-refractivity contribution >= 4 is 23.4 Å². The zero-order valence-corrected chi connectivity index (χ0v) is 17.4. The van der Waals surface area contributed by atoms with Gasteiger partial charge in [-0.1, -0.05) is 36.0 Å². The Morgan fingerprint density at radius 1 is 1.10 bits per heavy atom. The normalized spacial score (nSPS) is 14.6. The highest BCUT2D eigenvalue weighted by atomic mass is 32.2. The van der Waals surface area contributed by atoms with Crippen LogP contribution < -0.4 is 10.6 Å². The summed E-state index contributed by atoms with van der Waals surface area (Å²) < 4.78 is 1.77. The SMILES string of the molecule is O=C(CSc1nc(=O)n(Cc2cccnc2)c2c1CCC2)N1CCc2ccccc21. The maximum absolute atomic E-state index is 12.9. The van der Waals surface area contributed by atoms with E-state index < -0.39 is 0 Å². The molecule has 3 aromatic rings. The van der Waals surface area contributed by atoms with E-state index in [-0.39, 0.29) is 11.6 Å². The zero-order valence-electron chi connectivity index (χ0n) is 16.6. The molecule has 1 aliphatic heterocycles. The predicted molar refractivity (Wildman–Crippen MR) is 117 cm³/mol. The van der Waals surface area contributed by atoms with Crippen molar-refractivity contribution in [3.05, 3.63) is 81.7 Å². The van der Waals surface area contributed by atoms with Crippen molar-refractivity contribution < 1.29 is 4.79 Å². The molecule has 7 heteroatoms. The lowest BCUT2D eigenvalue weighted by molar-refractivity contribution is -0.116. The summed E-state index contributed by atoms with van der Waals surface area (Å²) in [5.41, 5.74) is 5.14. The van der Waals surface area contributed by atoms with E-state index in [1.807, 2.05) is 35.2 Å². The molecule has 1 aromatic carbocycles. The molecule has 0 N–H and O–H groups in total. The van der Waals surface area contributed by atoms with Gasteiger partial charge in [0.05, 0.1) is 12.3 Å². The van der Waals surface area contributed by atoms with Crippen molar-refractivity contribution in [2.75, 3.05) is 17.2 Å². The molecular formula is C23H22N4O2S. The number of hydrogen-bond donors (Lipinski definition) is 0. The predicted octanol–water partition coefficient (Wildman–Crippen LogP) is 2.86. The van der Waals surface area contributed by atoms with Gasteiger partial charge >= 0.3 is 5.69 Å². The van der Waals surface area contributed by atoms with Crippen molar-refractivity contribution in [2.24, 2.45) is 0 Å². The van der Waals surface area contributed by atoms with E-state index in [4.69, 9.17) is 0 Å². The third-order valence-electron chi connectivity index (χ3n) is 5.78. The number of pyridine rings is 1. The second-order valence-electron chi connectivity index (χ2n) is 7.64. The fourth-order valence-corrected chi connectivity index (χ4v) is 5.30. The molecule has 0 unspecified atom stereocenters. The number of thioether (sulfide) groups is 1. The largest absolute Gasteiger partial charge is 0.349 e. The van der Waals surface area contributed by atoms with Crippen LogP contribution in [-0.2, 0) is 30.6 Å². The first kappa shape index (κ1) is 19.1. The van der Waals surface area contributed by atoms with Gasteiger partial charge < -0.3 is 4.90 Å². The first-order valence-electron chi connectivity index (χ1n) is 10.2. The van der Waals surface area contributed by atoms with Gasteiger partial charge in [-0.25, -0.2) is 4.79 Å². The molecule has 0 atom stereocenters. The highest BCUT2D eigenvalue weighted by molar-refractivity contribution is 8.00. The van der Waals surface area contributed by atoms with Gasteiger partial charge in [0.2, 0.25) is 5.91 Å². The van der Waals surface area contributed by atoms with Crippen LogP contribution in [-0.4, -0.2) is 32.7 Å². The summed E-state index contributed by atoms with van der Waals surface area (Å²) in [6, 6.07) is 11.9. The Labute approximate surface area is 179 Å². The Kier molecular flexibility index (Phi) is 5.12. The minimum atomic E-state index is -0.249. The van der Waals surface area contributed by atoms with E-state index >= 15 is 0 Å². The third-order valence-corrected chi connectivity index (χ3v) is 6.79. The van der Waals surface area contributed by atoms with Crippen LogP contribution in [0.15, 0.2) is 58.6 Å². The van der Waals surface area contributed by atoms with Gasteiger partial charge in [0.25, 0.3) is 0 Å². The molecule has 2 aliphatic rings. The van der Waals surface area contributed by atoms with Crippen LogP contribution in [0.3, 0.4) is 0 Å². The highest BCUT2D eigenvalue weighted by Gasteiger charge is 2.26. The summed E-state index contributed by atoms with van der Waals surface area (Å²) in [6.07, 6.45) is 7.18. The molecular weight excluding hydrogens is 396 g/mol. The Morgan fingerprint density at radius 3 is 2.87 bits per heavy atom. The van der Waals surface area contributed by atoms with E-state index in [0.717, 1.165) is 59.8 Å². The van der Waals surface area contributed by atoms with Gasteiger partial charge in [-0.3, -0.25) is 14.3 Å². The standard InChI is InChI=1S/C23H22N4O2S/c28-21(26-12-10-17-6-1-2-8-19(17)26)15-30-22-18-7-3-9-20(18)27(23(29)25-22)14-16-5-4-11-24-13-16/h1-2,4-6,8,11,13H,3,7,9-10,12,14-15H2. The number of anilines is 1. The second-order valence-corrected chi connectivity index (χ2v) is 8.60. The molecule has 6 nitrogen and oxygen atoms in total. The maximum Gasteiger partial charge on any atom is 0.349 e. The molecule has 0 saturated carbocycles. The Balaban J connectivity index is 1.36. The first-order chi connectivity index (χ1) is 14.7. The third kappa shape index (κ3) is 3.54. The average Bonchev–Trinajstić information content (AvgIpc) is 3.42. The van der Waals surface area contributed by atoms with Crippen LogP contribution in [0, 0.1) is 0 Å². The molecule has 0 radical (unpaired) electrons. The molecule has 0 saturated heterocycles. The number of hydrogen-bond acceptors (Lipinski definition) is 5. The van der Waals surface area contributed by atoms with Gasteiger partial charge in [0.15, 0.2) is 0 Å². The van der Waals surface area contributed by atoms with E-state index in [1.54, 1.807) is 17.0 Å². The number of para-hydroxylation sites is 1. The summed E-state index contributed by atoms with van der Waals surface area (Å²) >= 11 is 1.40. The first-order valence-corrected chi connectivity index (χ1v) is 11.2. The van der Waals surface area contributed by atoms with Crippen LogP contribution in [0.5, 0.6) is 0 Å². The van der Waals surface area contributed by atoms with Gasteiger partial charge in [0.1, 0.15) is 5.03 Å². The molecule has 0 spiro atoms. The zero-order chi connectivity index (χ0) is 20.5. The highest BCUT2D eigenvalue weighted by Crippen LogP contribution is 2.32. The molecule has 2 aromatic heterocycles. The summed E-state index contributed by atoms with van der Waals surface area (Å²) in [5, 5.41) is 0.718. The number of amides is 1. The quantitative estimate of drug-likeness (QED) is 0.471. The van der Waals surface area contributed by atoms with Crippen LogP contribution >= 0.6 is 11.8 Å². The van der Waals surface area contributed by atoms with Gasteiger partial charge in [-0.2, -0.15) is 4.98 Å². The van der Waals surface area contributed by atoms with Crippen molar-refractivity contribution in [2.45, 2.75) is 37.3 Å². The number of carbonyl (C=O) groups excluding carboxylic acids is 1. The number of rotatable bonds is 5. The van der Waals surface area contributed by atoms with E-state index in [9.17, 15) is 9.59 Å². The monoisotopic (exact) mass is 418 g/mol. The Bertz CT molecular complexity index is 1160. The molecule has 30 heavy (non-hydrogen) atoms. The smallest absolute Gasteiger partial charge is 0.311 e. The molecule has 1 amide bonds. The van der Waals surface area contributed by atoms with Crippen molar-refractivity contribution in [1.82, 2.24) is 14.5 Å². The molecule has 1 aliphatic carbocycles. The summed E-state index contributed by atoms with van der Waals surface area (Å²) in [5.74, 6) is 0.359. The molecule has 5 rings (SSSR count). The lowest BCUT2D eigenvalue weighted by Gasteiger charge is -2.18. The molecule has 0 bridgehead atoms. The number of fused-ring (bicyclic) bond motifs is 2. The van der Waals surface area contributed by atoms with Gasteiger partial charge in [-0.05, 0) is 48.9 Å². The van der Waals surface area contributed by atoms with Crippen LogP contribution in [0.4, 0.5) is 5.69 Å². The maximum atomic E-state index is 12.9. The average molecular weight is 419 g/mol. The van der Waals surface area contributed by atoms with Crippen molar-refractivity contribution in [3.8, 4) is 0 Å². The minimum absolute atomic E-state index is 0.0676. The number of aromatic nitrogens is 3. The van der Waals surface area contributed by atoms with E-state index in [0.29, 0.717) is 12.3 Å². The van der Waals surface area contributed by atoms with Gasteiger partial charge in [0, 0.05) is 35.9 Å². The fraction of sp³-hybridized carbons (Fsp3) is 0.304. The lowest BCUT2D eigenvalue weighted by atomic mass is 10.2. The number of benzene rings is 1. The molecule has 3 heterocycles. The number of nitrogens with zero attached hydrogens (tertiary/aromatic N) is 4. The molecule has 152 valence electrons. The topological polar surface area (TPSA) is 68.1 Å². The minimum Gasteiger partial charge on any atom is -0.311 e. The lowest BCUT2D eigenvalue weighted by Crippen LogP contribution is -2.31. The van der Waals surface area contributed by atoms with Crippen LogP contribution in [0.2, 0.25) is 0 Å². The van der Waals surface area contributed by atoms with E-state index in [1.165, 1.54) is 17.3 Å². The summed E-state index contributed by atoms with van der Waals surface area (Å²) in [7, 11) is 0. The summed E-state index contributed by atoms with van der Waals surface area (Å²) in [4.78, 5) is 36.0. The van der Waals surface area contributed by atoms with Crippen molar-refractivity contribution in [3.63, 3.8) is 0 Å². The second kappa shape index (κ2) is 8.07. The Hall–Kier alpha value is -2.93. The fourth-order valence-electron chi connectivity index (χ4n) is 4.35. The number of carbonyl (C=O) groups is 1. The van der Waals surface area contributed by atoms with Crippen LogP contribution in [0.1, 0.15) is 28.8 Å². The van der Waals surface area contributed by atoms with Crippen LogP contribution in [0.25, 0.3) is 0 Å². The summed E-state index contributed by atoms with van der Waals surface area (Å²) in [6.45, 7) is 1.20. The van der Waals surface area contributed by atoms with Crippen molar-refractivity contribution in [1.29, 1.82) is 0 Å².